The predicted octanol–water partition coefficient (Wildman–Crippen LogP) is 6.56. The van der Waals surface area contributed by atoms with Crippen molar-refractivity contribution in [3.05, 3.63) is 94.8 Å². The lowest BCUT2D eigenvalue weighted by molar-refractivity contribution is 0.102. The number of piperidine rings is 1. The molecule has 0 atom stereocenters. The van der Waals surface area contributed by atoms with Crippen LogP contribution in [0, 0.1) is 5.82 Å². The van der Waals surface area contributed by atoms with Crippen LogP contribution < -0.4 is 5.32 Å². The van der Waals surface area contributed by atoms with Gasteiger partial charge in [-0.15, -0.1) is 0 Å². The van der Waals surface area contributed by atoms with Crippen molar-refractivity contribution < 1.29 is 9.18 Å². The van der Waals surface area contributed by atoms with Crippen molar-refractivity contribution >= 4 is 17.7 Å². The van der Waals surface area contributed by atoms with Crippen LogP contribution in [-0.2, 0) is 6.42 Å². The van der Waals surface area contributed by atoms with E-state index in [-0.39, 0.29) is 11.7 Å². The van der Waals surface area contributed by atoms with Crippen LogP contribution in [0.1, 0.15) is 47.2 Å². The first-order valence-electron chi connectivity index (χ1n) is 11.9. The third-order valence-corrected chi connectivity index (χ3v) is 6.68. The topological polar surface area (TPSA) is 32.3 Å². The Morgan fingerprint density at radius 1 is 0.848 bits per heavy atom. The van der Waals surface area contributed by atoms with Gasteiger partial charge in [0.1, 0.15) is 5.82 Å². The third-order valence-electron chi connectivity index (χ3n) is 6.68. The average molecular weight is 441 g/mol. The predicted molar refractivity (Wildman–Crippen MR) is 133 cm³/mol. The highest BCUT2D eigenvalue weighted by Gasteiger charge is 2.16. The Balaban J connectivity index is 1.24. The number of likely N-dealkylation sites (tertiary alicyclic amines) is 1. The third kappa shape index (κ3) is 5.23. The first-order valence-corrected chi connectivity index (χ1v) is 11.9. The van der Waals surface area contributed by atoms with Gasteiger partial charge in [0, 0.05) is 17.8 Å². The van der Waals surface area contributed by atoms with Gasteiger partial charge in [0.05, 0.1) is 0 Å². The molecule has 1 aliphatic carbocycles. The summed E-state index contributed by atoms with van der Waals surface area (Å²) >= 11 is 0. The van der Waals surface area contributed by atoms with Gasteiger partial charge in [0.2, 0.25) is 0 Å². The molecule has 1 saturated heterocycles. The molecule has 4 heteroatoms. The first kappa shape index (κ1) is 21.6. The van der Waals surface area contributed by atoms with E-state index in [0.29, 0.717) is 5.56 Å². The number of hydrogen-bond acceptors (Lipinski definition) is 2. The van der Waals surface area contributed by atoms with Crippen LogP contribution in [0.25, 0.3) is 17.2 Å². The lowest BCUT2D eigenvalue weighted by atomic mass is 9.91. The van der Waals surface area contributed by atoms with E-state index in [1.54, 1.807) is 12.1 Å². The fourth-order valence-corrected chi connectivity index (χ4v) is 4.82. The Hall–Kier alpha value is -3.24. The number of hydrogen-bond donors (Lipinski definition) is 1. The first-order chi connectivity index (χ1) is 16.1. The van der Waals surface area contributed by atoms with Crippen molar-refractivity contribution in [3.8, 4) is 11.1 Å². The summed E-state index contributed by atoms with van der Waals surface area (Å²) in [6.07, 6.45) is 8.46. The van der Waals surface area contributed by atoms with Crippen molar-refractivity contribution in [1.82, 2.24) is 4.90 Å². The second kappa shape index (κ2) is 9.72. The Bertz CT molecular complexity index is 1160. The lowest BCUT2D eigenvalue weighted by Crippen LogP contribution is -2.31. The summed E-state index contributed by atoms with van der Waals surface area (Å²) in [6.45, 7) is 3.53. The molecule has 0 radical (unpaired) electrons. The Morgan fingerprint density at radius 2 is 1.55 bits per heavy atom. The van der Waals surface area contributed by atoms with Gasteiger partial charge in [-0.1, -0.05) is 48.4 Å². The van der Waals surface area contributed by atoms with Gasteiger partial charge in [0.15, 0.2) is 0 Å². The fourth-order valence-electron chi connectivity index (χ4n) is 4.82. The van der Waals surface area contributed by atoms with Crippen molar-refractivity contribution in [2.45, 2.75) is 32.1 Å². The zero-order valence-electron chi connectivity index (χ0n) is 18.8. The molecule has 0 bridgehead atoms. The molecule has 1 fully saturated rings. The Kier molecular flexibility index (Phi) is 6.36. The van der Waals surface area contributed by atoms with Crippen LogP contribution in [0.4, 0.5) is 10.1 Å². The molecule has 5 rings (SSSR count). The minimum atomic E-state index is -0.256. The maximum Gasteiger partial charge on any atom is 0.255 e. The zero-order valence-corrected chi connectivity index (χ0v) is 18.8. The fraction of sp³-hybridized carbons (Fsp3) is 0.276. The van der Waals surface area contributed by atoms with E-state index in [4.69, 9.17) is 0 Å². The molecule has 0 unspecified atom stereocenters. The van der Waals surface area contributed by atoms with E-state index in [9.17, 15) is 9.18 Å². The molecule has 0 spiro atoms. The largest absolute Gasteiger partial charge is 0.322 e. The van der Waals surface area contributed by atoms with Crippen LogP contribution in [0.15, 0.2) is 72.3 Å². The van der Waals surface area contributed by atoms with E-state index in [2.05, 4.69) is 28.4 Å². The van der Waals surface area contributed by atoms with Crippen molar-refractivity contribution in [1.29, 1.82) is 0 Å². The molecule has 168 valence electrons. The highest BCUT2D eigenvalue weighted by molar-refractivity contribution is 6.04. The molecule has 33 heavy (non-hydrogen) atoms. The van der Waals surface area contributed by atoms with Gasteiger partial charge in [-0.2, -0.15) is 0 Å². The number of carbonyl (C=O) groups excluding carboxylic acids is 1. The molecule has 3 aromatic rings. The highest BCUT2D eigenvalue weighted by atomic mass is 19.1. The normalized spacial score (nSPS) is 16.1. The molecule has 3 nitrogen and oxygen atoms in total. The number of aryl methyl sites for hydroxylation is 1. The number of anilines is 1. The van der Waals surface area contributed by atoms with Crippen LogP contribution in [0.5, 0.6) is 0 Å². The maximum atomic E-state index is 13.1. The van der Waals surface area contributed by atoms with Gasteiger partial charge < -0.3 is 5.32 Å². The Morgan fingerprint density at radius 3 is 2.27 bits per heavy atom. The molecule has 1 heterocycles. The van der Waals surface area contributed by atoms with Gasteiger partial charge in [-0.05, 0) is 97.4 Å². The highest BCUT2D eigenvalue weighted by Crippen LogP contribution is 2.28. The number of halogens is 1. The van der Waals surface area contributed by atoms with Gasteiger partial charge in [-0.3, -0.25) is 9.69 Å². The minimum absolute atomic E-state index is 0.127. The quantitative estimate of drug-likeness (QED) is 0.487. The van der Waals surface area contributed by atoms with Crippen LogP contribution in [0.2, 0.25) is 0 Å². The number of nitrogens with one attached hydrogen (secondary N) is 1. The summed E-state index contributed by atoms with van der Waals surface area (Å²) < 4.78 is 13.1. The van der Waals surface area contributed by atoms with Crippen molar-refractivity contribution in [2.24, 2.45) is 0 Å². The SMILES string of the molecule is O=C(Nc1ccc2c(c1)CCC(CN1CCCCC1)=C2)c1ccc(-c2ccc(F)cc2)cc1. The van der Waals surface area contributed by atoms with E-state index < -0.39 is 0 Å². The van der Waals surface area contributed by atoms with Crippen molar-refractivity contribution in [2.75, 3.05) is 25.0 Å². The van der Waals surface area contributed by atoms with E-state index >= 15 is 0 Å². The molecule has 0 saturated carbocycles. The minimum Gasteiger partial charge on any atom is -0.322 e. The van der Waals surface area contributed by atoms with Gasteiger partial charge in [-0.25, -0.2) is 4.39 Å². The van der Waals surface area contributed by atoms with Crippen LogP contribution in [-0.4, -0.2) is 30.4 Å². The number of benzene rings is 3. The molecular formula is C29H29FN2O. The van der Waals surface area contributed by atoms with E-state index in [0.717, 1.165) is 36.2 Å². The summed E-state index contributed by atoms with van der Waals surface area (Å²) in [5, 5.41) is 3.03. The summed E-state index contributed by atoms with van der Waals surface area (Å²) in [5.74, 6) is -0.383. The summed E-state index contributed by atoms with van der Waals surface area (Å²) in [7, 11) is 0. The van der Waals surface area contributed by atoms with Crippen LogP contribution in [0.3, 0.4) is 0 Å². The molecule has 1 aliphatic heterocycles. The van der Waals surface area contributed by atoms with E-state index in [1.807, 2.05) is 30.3 Å². The Labute approximate surface area is 194 Å². The number of amides is 1. The smallest absolute Gasteiger partial charge is 0.255 e. The maximum absolute atomic E-state index is 13.1. The zero-order chi connectivity index (χ0) is 22.6. The lowest BCUT2D eigenvalue weighted by Gasteiger charge is -2.29. The molecular weight excluding hydrogens is 411 g/mol. The number of nitrogens with zero attached hydrogens (tertiary/aromatic N) is 1. The molecule has 1 N–H and O–H groups in total. The second-order valence-corrected chi connectivity index (χ2v) is 9.09. The van der Waals surface area contributed by atoms with Gasteiger partial charge >= 0.3 is 0 Å². The van der Waals surface area contributed by atoms with Gasteiger partial charge in [0.25, 0.3) is 5.91 Å². The number of fused-ring (bicyclic) bond motifs is 1. The average Bonchev–Trinajstić information content (AvgIpc) is 2.85. The molecule has 3 aromatic carbocycles. The summed E-state index contributed by atoms with van der Waals surface area (Å²) in [4.78, 5) is 15.3. The van der Waals surface area contributed by atoms with Crippen LogP contribution >= 0.6 is 0 Å². The number of carbonyl (C=O) groups is 1. The molecule has 1 amide bonds. The van der Waals surface area contributed by atoms with E-state index in [1.165, 1.54) is 61.2 Å². The van der Waals surface area contributed by atoms with Crippen molar-refractivity contribution in [3.63, 3.8) is 0 Å². The summed E-state index contributed by atoms with van der Waals surface area (Å²) in [6, 6.07) is 20.0. The molecule has 0 aromatic heterocycles. The standard InChI is InChI=1S/C29H29FN2O/c30-27-13-10-23(11-14-27)22-6-8-24(9-7-22)29(33)31-28-15-12-25-18-21(4-5-26(25)19-28)20-32-16-2-1-3-17-32/h6-15,18-19H,1-5,16-17,20H2,(H,31,33). The second-order valence-electron chi connectivity index (χ2n) is 9.09. The molecule has 2 aliphatic rings. The number of rotatable bonds is 5. The summed E-state index contributed by atoms with van der Waals surface area (Å²) in [5.41, 5.74) is 7.38. The monoisotopic (exact) mass is 440 g/mol.